The fourth-order valence-electron chi connectivity index (χ4n) is 3.57. The van der Waals surface area contributed by atoms with E-state index in [2.05, 4.69) is 13.5 Å². The first-order valence-corrected chi connectivity index (χ1v) is 8.24. The zero-order chi connectivity index (χ0) is 8.60. The number of hydrogen-bond donors (Lipinski definition) is 0. The maximum absolute atomic E-state index is 2.45. The molecule has 3 atom stereocenters. The Balaban J connectivity index is 1.78. The summed E-state index contributed by atoms with van der Waals surface area (Å²) < 4.78 is 0. The molecular weight excluding hydrogens is 160 g/mol. The molecule has 1 heteroatoms. The van der Waals surface area contributed by atoms with Crippen LogP contribution in [0.25, 0.3) is 0 Å². The quantitative estimate of drug-likeness (QED) is 0.587. The Morgan fingerprint density at radius 3 is 2.75 bits per heavy atom. The van der Waals surface area contributed by atoms with E-state index < -0.39 is 0 Å². The highest BCUT2D eigenvalue weighted by atomic mass is 28.2. The molecule has 0 saturated heterocycles. The highest BCUT2D eigenvalue weighted by Gasteiger charge is 2.57. The van der Waals surface area contributed by atoms with Crippen LogP contribution in [0.15, 0.2) is 0 Å². The second-order valence-electron chi connectivity index (χ2n) is 4.97. The van der Waals surface area contributed by atoms with Crippen molar-refractivity contribution < 1.29 is 0 Å². The summed E-state index contributed by atoms with van der Waals surface area (Å²) in [5.41, 5.74) is 0.889. The molecule has 2 aliphatic carbocycles. The summed E-state index contributed by atoms with van der Waals surface area (Å²) in [5, 5.41) is 0. The van der Waals surface area contributed by atoms with E-state index in [1.807, 2.05) is 0 Å². The zero-order valence-corrected chi connectivity index (χ0v) is 10.0. The molecule has 0 bridgehead atoms. The van der Waals surface area contributed by atoms with Crippen LogP contribution in [0.4, 0.5) is 0 Å². The lowest BCUT2D eigenvalue weighted by atomic mass is 9.41. The molecule has 0 aliphatic heterocycles. The molecule has 0 heterocycles. The highest BCUT2D eigenvalue weighted by Crippen LogP contribution is 2.66. The van der Waals surface area contributed by atoms with Crippen molar-refractivity contribution in [2.24, 2.45) is 17.3 Å². The Hall–Kier alpha value is 0.217. The molecule has 0 aromatic carbocycles. The fourth-order valence-corrected chi connectivity index (χ4v) is 4.50. The first kappa shape index (κ1) is 8.80. The molecule has 0 N–H and O–H groups in total. The maximum Gasteiger partial charge on any atom is 0.0166 e. The van der Waals surface area contributed by atoms with Crippen molar-refractivity contribution in [1.29, 1.82) is 0 Å². The molecule has 0 nitrogen and oxygen atoms in total. The van der Waals surface area contributed by atoms with Gasteiger partial charge in [-0.05, 0) is 36.5 Å². The normalized spacial score (nSPS) is 45.5. The molecule has 0 aromatic heterocycles. The monoisotopic (exact) mass is 182 g/mol. The van der Waals surface area contributed by atoms with E-state index >= 15 is 0 Å². The first-order valence-electron chi connectivity index (χ1n) is 5.82. The van der Waals surface area contributed by atoms with Gasteiger partial charge in [0.2, 0.25) is 0 Å². The lowest BCUT2D eigenvalue weighted by Gasteiger charge is -2.64. The molecular formula is C11H22Si. The van der Waals surface area contributed by atoms with Gasteiger partial charge in [0.25, 0.3) is 0 Å². The third-order valence-electron chi connectivity index (χ3n) is 4.61. The summed E-state index contributed by atoms with van der Waals surface area (Å²) in [5.74, 6) is 2.36. The van der Waals surface area contributed by atoms with E-state index in [-0.39, 0.29) is 0 Å². The highest BCUT2D eigenvalue weighted by molar-refractivity contribution is 6.33. The van der Waals surface area contributed by atoms with Crippen LogP contribution < -0.4 is 0 Å². The number of fused-ring (bicyclic) bond motifs is 1. The molecule has 70 valence electrons. The lowest BCUT2D eigenvalue weighted by molar-refractivity contribution is -0.137. The van der Waals surface area contributed by atoms with Gasteiger partial charge in [-0.3, -0.25) is 0 Å². The van der Waals surface area contributed by atoms with Crippen LogP contribution in [0.5, 0.6) is 0 Å². The number of hydrogen-bond acceptors (Lipinski definition) is 0. The van der Waals surface area contributed by atoms with Gasteiger partial charge in [0.1, 0.15) is 0 Å². The Kier molecular flexibility index (Phi) is 2.32. The summed E-state index contributed by atoms with van der Waals surface area (Å²) in [7, 11) is 0.355. The van der Waals surface area contributed by atoms with Gasteiger partial charge in [-0.15, -0.1) is 0 Å². The van der Waals surface area contributed by atoms with Crippen LogP contribution in [0.3, 0.4) is 0 Å². The lowest BCUT2D eigenvalue weighted by Crippen LogP contribution is -2.54. The second-order valence-corrected chi connectivity index (χ2v) is 6.67. The predicted molar refractivity (Wildman–Crippen MR) is 57.4 cm³/mol. The van der Waals surface area contributed by atoms with Gasteiger partial charge >= 0.3 is 0 Å². The smallest absolute Gasteiger partial charge is 0.0166 e. The maximum atomic E-state index is 2.45. The molecule has 0 spiro atoms. The topological polar surface area (TPSA) is 0 Å². The van der Waals surface area contributed by atoms with Gasteiger partial charge in [0.05, 0.1) is 0 Å². The van der Waals surface area contributed by atoms with E-state index in [1.165, 1.54) is 18.3 Å². The first-order chi connectivity index (χ1) is 5.82. The van der Waals surface area contributed by atoms with Crippen molar-refractivity contribution >= 4 is 9.52 Å². The Morgan fingerprint density at radius 1 is 1.50 bits per heavy atom. The minimum atomic E-state index is 0.355. The van der Waals surface area contributed by atoms with Gasteiger partial charge in [0, 0.05) is 9.52 Å². The summed E-state index contributed by atoms with van der Waals surface area (Å²) in [6, 6.07) is 1.61. The van der Waals surface area contributed by atoms with Gasteiger partial charge in [-0.25, -0.2) is 0 Å². The molecule has 0 aromatic rings. The molecule has 2 rings (SSSR count). The third-order valence-corrected chi connectivity index (χ3v) is 5.73. The minimum Gasteiger partial charge on any atom is -0.0748 e. The van der Waals surface area contributed by atoms with E-state index in [0.717, 1.165) is 5.41 Å². The SMILES string of the molecule is CCC12CCC1C(CC[SiH2]C)C2. The molecule has 2 aliphatic rings. The van der Waals surface area contributed by atoms with Crippen molar-refractivity contribution in [2.45, 2.75) is 51.6 Å². The Labute approximate surface area is 79.0 Å². The summed E-state index contributed by atoms with van der Waals surface area (Å²) in [6.07, 6.45) is 7.80. The van der Waals surface area contributed by atoms with Crippen molar-refractivity contribution in [2.75, 3.05) is 0 Å². The summed E-state index contributed by atoms with van der Waals surface area (Å²) in [4.78, 5) is 0. The van der Waals surface area contributed by atoms with Gasteiger partial charge in [0.15, 0.2) is 0 Å². The van der Waals surface area contributed by atoms with E-state index in [1.54, 1.807) is 31.7 Å². The zero-order valence-electron chi connectivity index (χ0n) is 8.60. The molecule has 2 saturated carbocycles. The van der Waals surface area contributed by atoms with E-state index in [0.29, 0.717) is 9.52 Å². The minimum absolute atomic E-state index is 0.355. The van der Waals surface area contributed by atoms with Crippen molar-refractivity contribution in [3.05, 3.63) is 0 Å². The Bertz CT molecular complexity index is 162. The summed E-state index contributed by atoms with van der Waals surface area (Å²) >= 11 is 0. The average molecular weight is 182 g/mol. The van der Waals surface area contributed by atoms with Crippen LogP contribution >= 0.6 is 0 Å². The van der Waals surface area contributed by atoms with Crippen LogP contribution in [0.1, 0.15) is 39.0 Å². The molecule has 0 amide bonds. The second kappa shape index (κ2) is 3.17. The van der Waals surface area contributed by atoms with E-state index in [4.69, 9.17) is 0 Å². The predicted octanol–water partition coefficient (Wildman–Crippen LogP) is 2.84. The molecule has 0 radical (unpaired) electrons. The molecule has 3 unspecified atom stereocenters. The van der Waals surface area contributed by atoms with Gasteiger partial charge in [-0.1, -0.05) is 32.4 Å². The number of rotatable bonds is 4. The average Bonchev–Trinajstić information content (AvgIpc) is 2.07. The molecule has 12 heavy (non-hydrogen) atoms. The van der Waals surface area contributed by atoms with Gasteiger partial charge in [-0.2, -0.15) is 0 Å². The standard InChI is InChI=1S/C11H22Si/c1-3-11-6-4-10(11)9(8-11)5-7-12-2/h9-10H,3-8,12H2,1-2H3. The van der Waals surface area contributed by atoms with Crippen LogP contribution in [0, 0.1) is 17.3 Å². The Morgan fingerprint density at radius 2 is 2.33 bits per heavy atom. The molecule has 2 fully saturated rings. The third kappa shape index (κ3) is 1.09. The largest absolute Gasteiger partial charge is 0.0748 e. The van der Waals surface area contributed by atoms with Crippen molar-refractivity contribution in [1.82, 2.24) is 0 Å². The van der Waals surface area contributed by atoms with Crippen LogP contribution in [-0.2, 0) is 0 Å². The fraction of sp³-hybridized carbons (Fsp3) is 1.00. The van der Waals surface area contributed by atoms with Crippen molar-refractivity contribution in [3.63, 3.8) is 0 Å². The van der Waals surface area contributed by atoms with Crippen LogP contribution in [-0.4, -0.2) is 9.52 Å². The van der Waals surface area contributed by atoms with Gasteiger partial charge < -0.3 is 0 Å². The van der Waals surface area contributed by atoms with Crippen LogP contribution in [0.2, 0.25) is 12.6 Å². The summed E-state index contributed by atoms with van der Waals surface area (Å²) in [6.45, 7) is 4.85. The van der Waals surface area contributed by atoms with E-state index in [9.17, 15) is 0 Å². The van der Waals surface area contributed by atoms with Crippen molar-refractivity contribution in [3.8, 4) is 0 Å².